The van der Waals surface area contributed by atoms with Gasteiger partial charge in [0, 0.05) is 51.7 Å². The highest BCUT2D eigenvalue weighted by Crippen LogP contribution is 2.20. The highest BCUT2D eigenvalue weighted by molar-refractivity contribution is 5.89. The van der Waals surface area contributed by atoms with Gasteiger partial charge in [0.15, 0.2) is 5.78 Å². The molecule has 11 heteroatoms. The number of terminal acetylenes is 1. The van der Waals surface area contributed by atoms with E-state index in [1.807, 2.05) is 0 Å². The first-order chi connectivity index (χ1) is 23.8. The smallest absolute Gasteiger partial charge is 0.309 e. The molecule has 0 aliphatic carbocycles. The van der Waals surface area contributed by atoms with Gasteiger partial charge in [-0.3, -0.25) is 28.8 Å². The lowest BCUT2D eigenvalue weighted by molar-refractivity contribution is -0.161. The predicted octanol–water partition coefficient (Wildman–Crippen LogP) is 6.63. The van der Waals surface area contributed by atoms with Crippen molar-refractivity contribution in [2.45, 2.75) is 174 Å². The summed E-state index contributed by atoms with van der Waals surface area (Å²) in [7, 11) is 0. The van der Waals surface area contributed by atoms with Crippen molar-refractivity contribution in [2.75, 3.05) is 19.8 Å². The number of nitrogens with one attached hydrogen (secondary N) is 2. The number of ketones is 2. The molecule has 50 heavy (non-hydrogen) atoms. The van der Waals surface area contributed by atoms with Crippen LogP contribution < -0.4 is 10.6 Å². The van der Waals surface area contributed by atoms with Crippen LogP contribution in [0, 0.1) is 18.3 Å². The lowest BCUT2D eigenvalue weighted by Crippen LogP contribution is -2.41. The van der Waals surface area contributed by atoms with Crippen LogP contribution in [0.3, 0.4) is 0 Å². The first-order valence-electron chi connectivity index (χ1n) is 18.8. The van der Waals surface area contributed by atoms with Crippen LogP contribution in [-0.2, 0) is 38.2 Å². The molecule has 0 unspecified atom stereocenters. The largest absolute Gasteiger partial charge is 0.481 e. The van der Waals surface area contributed by atoms with Crippen molar-refractivity contribution in [3.05, 3.63) is 0 Å². The van der Waals surface area contributed by atoms with E-state index >= 15 is 0 Å². The quantitative estimate of drug-likeness (QED) is 0.0396. The lowest BCUT2D eigenvalue weighted by Gasteiger charge is -2.23. The molecule has 0 heterocycles. The zero-order chi connectivity index (χ0) is 37.6. The summed E-state index contributed by atoms with van der Waals surface area (Å²) in [6, 6.07) is -0.697. The number of carbonyl (C=O) groups is 6. The van der Waals surface area contributed by atoms with Crippen LogP contribution in [0.1, 0.15) is 163 Å². The van der Waals surface area contributed by atoms with Crippen molar-refractivity contribution < 1.29 is 43.3 Å². The molecule has 0 radical (unpaired) electrons. The number of unbranched alkanes of at least 4 members (excludes halogenated alkanes) is 9. The minimum atomic E-state index is -0.955. The zero-order valence-electron chi connectivity index (χ0n) is 31.4. The number of carboxylic acid groups (broad SMARTS) is 1. The van der Waals surface area contributed by atoms with E-state index in [0.29, 0.717) is 38.6 Å². The van der Waals surface area contributed by atoms with Crippen LogP contribution in [0.4, 0.5) is 0 Å². The van der Waals surface area contributed by atoms with Crippen molar-refractivity contribution in [1.82, 2.24) is 10.6 Å². The van der Waals surface area contributed by atoms with Gasteiger partial charge in [-0.05, 0) is 59.3 Å². The number of Topliss-reactive ketones (excluding diaryl/α,β-unsaturated/α-hetero) is 2. The molecule has 0 aromatic carbocycles. The van der Waals surface area contributed by atoms with Gasteiger partial charge in [-0.25, -0.2) is 0 Å². The number of aliphatic carboxylic acids is 1. The summed E-state index contributed by atoms with van der Waals surface area (Å²) in [6.45, 7) is 8.21. The average molecular weight is 707 g/mol. The monoisotopic (exact) mass is 706 g/mol. The maximum Gasteiger partial charge on any atom is 0.309 e. The van der Waals surface area contributed by atoms with E-state index in [4.69, 9.17) is 21.0 Å². The Balaban J connectivity index is 4.73. The van der Waals surface area contributed by atoms with Gasteiger partial charge in [-0.2, -0.15) is 0 Å². The Morgan fingerprint density at radius 1 is 0.740 bits per heavy atom. The summed E-state index contributed by atoms with van der Waals surface area (Å²) in [5, 5.41) is 14.3. The Labute approximate surface area is 301 Å². The molecule has 2 amide bonds. The van der Waals surface area contributed by atoms with Crippen LogP contribution in [0.5, 0.6) is 0 Å². The number of carbonyl (C=O) groups excluding carboxylic acids is 5. The fourth-order valence-corrected chi connectivity index (χ4v) is 5.34. The van der Waals surface area contributed by atoms with Crippen LogP contribution >= 0.6 is 0 Å². The van der Waals surface area contributed by atoms with Gasteiger partial charge in [0.05, 0.1) is 25.0 Å². The van der Waals surface area contributed by atoms with E-state index < -0.39 is 29.5 Å². The van der Waals surface area contributed by atoms with E-state index in [2.05, 4.69) is 23.5 Å². The molecule has 286 valence electrons. The van der Waals surface area contributed by atoms with E-state index in [0.717, 1.165) is 19.3 Å². The predicted molar refractivity (Wildman–Crippen MR) is 194 cm³/mol. The Morgan fingerprint density at radius 2 is 1.40 bits per heavy atom. The molecule has 0 saturated heterocycles. The normalized spacial score (nSPS) is 12.4. The molecule has 11 nitrogen and oxygen atoms in total. The van der Waals surface area contributed by atoms with Gasteiger partial charge in [0.1, 0.15) is 11.4 Å². The second-order valence-electron chi connectivity index (χ2n) is 14.1. The number of hydrogen-bond acceptors (Lipinski definition) is 8. The van der Waals surface area contributed by atoms with Crippen molar-refractivity contribution in [3.8, 4) is 12.3 Å². The molecule has 0 aromatic heterocycles. The van der Waals surface area contributed by atoms with Gasteiger partial charge in [-0.15, -0.1) is 12.3 Å². The standard InChI is InChI=1S/C39H66N2O9/c1-6-8-10-11-12-13-14-15-16-20-32(42)30-31(38(48)50-39(3,4)5)24-25-35(44)40-27-18-17-21-33(41-36(45)23-9-7-2)34(43)22-19-28-49-29-26-37(46)47/h2,31,33H,6,8-30H2,1,3-5H3,(H,40,44)(H,41,45)(H,46,47)/t31-,33+/m1/s1. The van der Waals surface area contributed by atoms with Crippen molar-refractivity contribution in [1.29, 1.82) is 0 Å². The summed E-state index contributed by atoms with van der Waals surface area (Å²) in [4.78, 5) is 74.0. The summed E-state index contributed by atoms with van der Waals surface area (Å²) in [5.41, 5.74) is -0.701. The lowest BCUT2D eigenvalue weighted by atomic mass is 9.94. The average Bonchev–Trinajstić information content (AvgIpc) is 3.04. The minimum absolute atomic E-state index is 0.0189. The molecule has 0 rings (SSSR count). The van der Waals surface area contributed by atoms with Crippen LogP contribution in [0.25, 0.3) is 0 Å². The van der Waals surface area contributed by atoms with Crippen molar-refractivity contribution >= 4 is 35.3 Å². The number of hydrogen-bond donors (Lipinski definition) is 3. The molecule has 0 spiro atoms. The van der Waals surface area contributed by atoms with E-state index in [1.54, 1.807) is 20.8 Å². The molecule has 0 fully saturated rings. The third kappa shape index (κ3) is 28.6. The molecule has 0 saturated carbocycles. The van der Waals surface area contributed by atoms with Gasteiger partial charge in [0.25, 0.3) is 0 Å². The summed E-state index contributed by atoms with van der Waals surface area (Å²) < 4.78 is 10.8. The van der Waals surface area contributed by atoms with Gasteiger partial charge in [0.2, 0.25) is 11.8 Å². The van der Waals surface area contributed by atoms with E-state index in [1.165, 1.54) is 38.5 Å². The molecular formula is C39H66N2O9. The second kappa shape index (κ2) is 29.5. The molecule has 2 atom stereocenters. The maximum absolute atomic E-state index is 12.9. The van der Waals surface area contributed by atoms with Crippen LogP contribution in [0.15, 0.2) is 0 Å². The Morgan fingerprint density at radius 3 is 2.02 bits per heavy atom. The number of ether oxygens (including phenoxy) is 2. The third-order valence-electron chi connectivity index (χ3n) is 8.13. The summed E-state index contributed by atoms with van der Waals surface area (Å²) in [6.07, 6.45) is 18.8. The molecule has 0 aromatic rings. The van der Waals surface area contributed by atoms with Gasteiger partial charge in [-0.1, -0.05) is 58.3 Å². The number of rotatable bonds is 32. The number of amides is 2. The highest BCUT2D eigenvalue weighted by atomic mass is 16.6. The first-order valence-corrected chi connectivity index (χ1v) is 18.8. The molecule has 0 aliphatic rings. The van der Waals surface area contributed by atoms with Crippen LogP contribution in [-0.4, -0.2) is 71.8 Å². The number of carboxylic acids is 1. The van der Waals surface area contributed by atoms with Crippen molar-refractivity contribution in [2.24, 2.45) is 5.92 Å². The van der Waals surface area contributed by atoms with Crippen molar-refractivity contribution in [3.63, 3.8) is 0 Å². The Kier molecular flexibility index (Phi) is 27.5. The van der Waals surface area contributed by atoms with Crippen LogP contribution in [0.2, 0.25) is 0 Å². The highest BCUT2D eigenvalue weighted by Gasteiger charge is 2.28. The second-order valence-corrected chi connectivity index (χ2v) is 14.1. The maximum atomic E-state index is 12.9. The molecular weight excluding hydrogens is 640 g/mol. The molecule has 3 N–H and O–H groups in total. The Hall–Kier alpha value is -3.26. The van der Waals surface area contributed by atoms with Gasteiger partial charge < -0.3 is 25.2 Å². The first kappa shape index (κ1) is 46.7. The molecule has 0 aliphatic heterocycles. The fourth-order valence-electron chi connectivity index (χ4n) is 5.34. The van der Waals surface area contributed by atoms with E-state index in [9.17, 15) is 28.8 Å². The van der Waals surface area contributed by atoms with Gasteiger partial charge >= 0.3 is 11.9 Å². The summed E-state index contributed by atoms with van der Waals surface area (Å²) >= 11 is 0. The fraction of sp³-hybridized carbons (Fsp3) is 0.795. The zero-order valence-corrected chi connectivity index (χ0v) is 31.4. The third-order valence-corrected chi connectivity index (χ3v) is 8.13. The summed E-state index contributed by atoms with van der Waals surface area (Å²) in [5.74, 6) is -0.358. The SMILES string of the molecule is C#CCCC(=O)N[C@@H](CCCCNC(=O)CC[C@H](CC(=O)CCCCCCCCCCC)C(=O)OC(C)(C)C)C(=O)CCCOCCC(=O)O. The molecule has 0 bridgehead atoms. The topological polar surface area (TPSA) is 165 Å². The Bertz CT molecular complexity index is 1050. The van der Waals surface area contributed by atoms with E-state index in [-0.39, 0.29) is 81.5 Å². The minimum Gasteiger partial charge on any atom is -0.481 e. The number of esters is 1.